The summed E-state index contributed by atoms with van der Waals surface area (Å²) >= 11 is 7.43. The van der Waals surface area contributed by atoms with Crippen LogP contribution in [0.5, 0.6) is 0 Å². The Balaban J connectivity index is 2.07. The van der Waals surface area contributed by atoms with Crippen LogP contribution >= 0.6 is 23.4 Å². The first-order valence-electron chi connectivity index (χ1n) is 8.11. The molecule has 1 amide bonds. The van der Waals surface area contributed by atoms with Gasteiger partial charge < -0.3 is 9.88 Å². The lowest BCUT2D eigenvalue weighted by atomic mass is 10.3. The predicted molar refractivity (Wildman–Crippen MR) is 106 cm³/mol. The second-order valence-corrected chi connectivity index (χ2v) is 10.0. The number of sulfone groups is 1. The smallest absolute Gasteiger partial charge is 0.225 e. The summed E-state index contributed by atoms with van der Waals surface area (Å²) in [4.78, 5) is 17.3. The van der Waals surface area contributed by atoms with E-state index in [1.165, 1.54) is 11.8 Å². The highest BCUT2D eigenvalue weighted by molar-refractivity contribution is 7.99. The Kier molecular flexibility index (Phi) is 7.14. The molecule has 26 heavy (non-hydrogen) atoms. The maximum Gasteiger partial charge on any atom is 0.225 e. The number of aryl methyl sites for hydroxylation is 1. The molecule has 0 bridgehead atoms. The zero-order chi connectivity index (χ0) is 19.3. The summed E-state index contributed by atoms with van der Waals surface area (Å²) < 4.78 is 25.8. The first-order chi connectivity index (χ1) is 12.2. The third-order valence-electron chi connectivity index (χ3n) is 3.42. The monoisotopic (exact) mass is 415 g/mol. The molecule has 6 nitrogen and oxygen atoms in total. The van der Waals surface area contributed by atoms with Gasteiger partial charge in [-0.2, -0.15) is 0 Å². The number of carbonyl (C=O) groups excluding carboxylic acids is 1. The van der Waals surface area contributed by atoms with Gasteiger partial charge in [0.15, 0.2) is 15.0 Å². The number of nitrogens with one attached hydrogen (secondary N) is 1. The minimum atomic E-state index is -3.24. The molecular formula is C17H22ClN3O3S2. The number of amides is 1. The molecule has 0 saturated carbocycles. The third-order valence-corrected chi connectivity index (χ3v) is 6.81. The number of aromatic nitrogens is 2. The Morgan fingerprint density at radius 2 is 2.12 bits per heavy atom. The summed E-state index contributed by atoms with van der Waals surface area (Å²) in [5, 5.41) is 4.01. The van der Waals surface area contributed by atoms with Crippen LogP contribution in [0.3, 0.4) is 0 Å². The third kappa shape index (κ3) is 6.34. The van der Waals surface area contributed by atoms with Gasteiger partial charge in [0.25, 0.3) is 0 Å². The fourth-order valence-corrected chi connectivity index (χ4v) is 5.01. The molecule has 0 spiro atoms. The fourth-order valence-electron chi connectivity index (χ4n) is 2.29. The first-order valence-corrected chi connectivity index (χ1v) is 11.1. The maximum absolute atomic E-state index is 12.2. The summed E-state index contributed by atoms with van der Waals surface area (Å²) in [5.74, 6) is -0.407. The van der Waals surface area contributed by atoms with Gasteiger partial charge in [-0.3, -0.25) is 4.79 Å². The van der Waals surface area contributed by atoms with Gasteiger partial charge in [0.05, 0.1) is 17.2 Å². The zero-order valence-electron chi connectivity index (χ0n) is 14.9. The van der Waals surface area contributed by atoms with Gasteiger partial charge in [0.2, 0.25) is 5.91 Å². The van der Waals surface area contributed by atoms with Crippen molar-refractivity contribution in [3.05, 3.63) is 35.6 Å². The second kappa shape index (κ2) is 8.92. The van der Waals surface area contributed by atoms with Gasteiger partial charge >= 0.3 is 0 Å². The average Bonchev–Trinajstić information content (AvgIpc) is 2.92. The number of benzene rings is 1. The molecule has 2 rings (SSSR count). The standard InChI is InChI=1S/C17H22ClN3O3S2/c1-12(2)11-26(23,24)9-6-16(22)20-14-10-13(18)4-5-15(14)25-17-19-7-8-21(17)3/h4-5,7-8,10,12H,6,9,11H2,1-3H3,(H,20,22). The molecule has 0 fully saturated rings. The Morgan fingerprint density at radius 1 is 1.38 bits per heavy atom. The molecule has 0 aliphatic heterocycles. The largest absolute Gasteiger partial charge is 0.329 e. The molecule has 9 heteroatoms. The molecule has 2 aromatic rings. The highest BCUT2D eigenvalue weighted by Gasteiger charge is 2.17. The second-order valence-electron chi connectivity index (χ2n) is 6.37. The molecule has 0 aliphatic carbocycles. The van der Waals surface area contributed by atoms with Gasteiger partial charge in [-0.1, -0.05) is 25.4 Å². The highest BCUT2D eigenvalue weighted by atomic mass is 35.5. The van der Waals surface area contributed by atoms with Crippen molar-refractivity contribution in [2.24, 2.45) is 13.0 Å². The average molecular weight is 416 g/mol. The Morgan fingerprint density at radius 3 is 2.73 bits per heavy atom. The van der Waals surface area contributed by atoms with Gasteiger partial charge in [-0.25, -0.2) is 13.4 Å². The molecule has 142 valence electrons. The van der Waals surface area contributed by atoms with E-state index in [-0.39, 0.29) is 29.8 Å². The van der Waals surface area contributed by atoms with E-state index in [0.29, 0.717) is 10.7 Å². The minimum absolute atomic E-state index is 0.0387. The van der Waals surface area contributed by atoms with E-state index in [2.05, 4.69) is 10.3 Å². The zero-order valence-corrected chi connectivity index (χ0v) is 17.3. The van der Waals surface area contributed by atoms with Crippen molar-refractivity contribution < 1.29 is 13.2 Å². The summed E-state index contributed by atoms with van der Waals surface area (Å²) in [6, 6.07) is 5.18. The van der Waals surface area contributed by atoms with Crippen LogP contribution < -0.4 is 5.32 Å². The number of halogens is 1. The van der Waals surface area contributed by atoms with Crippen LogP contribution in [0.1, 0.15) is 20.3 Å². The predicted octanol–water partition coefficient (Wildman–Crippen LogP) is 3.62. The molecule has 1 N–H and O–H groups in total. The molecule has 1 heterocycles. The van der Waals surface area contributed by atoms with Crippen molar-refractivity contribution in [2.75, 3.05) is 16.8 Å². The Hall–Kier alpha value is -1.51. The number of hydrogen-bond acceptors (Lipinski definition) is 5. The Labute approximate surface area is 163 Å². The van der Waals surface area contributed by atoms with Gasteiger partial charge in [-0.05, 0) is 35.9 Å². The molecule has 0 aliphatic rings. The van der Waals surface area contributed by atoms with Crippen LogP contribution in [-0.2, 0) is 21.7 Å². The summed E-state index contributed by atoms with van der Waals surface area (Å²) in [5.41, 5.74) is 0.539. The quantitative estimate of drug-likeness (QED) is 0.712. The molecule has 1 aromatic carbocycles. The fraction of sp³-hybridized carbons (Fsp3) is 0.412. The van der Waals surface area contributed by atoms with E-state index in [1.807, 2.05) is 31.7 Å². The van der Waals surface area contributed by atoms with Crippen LogP contribution in [0, 0.1) is 5.92 Å². The topological polar surface area (TPSA) is 81.1 Å². The lowest BCUT2D eigenvalue weighted by Gasteiger charge is -2.12. The molecule has 0 saturated heterocycles. The van der Waals surface area contributed by atoms with Crippen molar-refractivity contribution in [1.29, 1.82) is 0 Å². The minimum Gasteiger partial charge on any atom is -0.329 e. The lowest BCUT2D eigenvalue weighted by molar-refractivity contribution is -0.115. The van der Waals surface area contributed by atoms with Crippen molar-refractivity contribution >= 4 is 44.8 Å². The van der Waals surface area contributed by atoms with Crippen LogP contribution in [0.4, 0.5) is 5.69 Å². The number of anilines is 1. The normalized spacial score (nSPS) is 11.7. The van der Waals surface area contributed by atoms with E-state index in [4.69, 9.17) is 11.6 Å². The van der Waals surface area contributed by atoms with Crippen molar-refractivity contribution in [3.8, 4) is 0 Å². The molecular weight excluding hydrogens is 394 g/mol. The van der Waals surface area contributed by atoms with Crippen LogP contribution in [-0.4, -0.2) is 35.4 Å². The Bertz CT molecular complexity index is 879. The summed E-state index contributed by atoms with van der Waals surface area (Å²) in [6.07, 6.45) is 3.43. The number of rotatable bonds is 8. The van der Waals surface area contributed by atoms with Crippen molar-refractivity contribution in [3.63, 3.8) is 0 Å². The number of carbonyl (C=O) groups is 1. The highest BCUT2D eigenvalue weighted by Crippen LogP contribution is 2.34. The van der Waals surface area contributed by atoms with Crippen LogP contribution in [0.2, 0.25) is 5.02 Å². The van der Waals surface area contributed by atoms with E-state index < -0.39 is 9.84 Å². The van der Waals surface area contributed by atoms with Crippen LogP contribution in [0.15, 0.2) is 40.6 Å². The van der Waals surface area contributed by atoms with Gasteiger partial charge in [0, 0.05) is 35.8 Å². The van der Waals surface area contributed by atoms with Crippen molar-refractivity contribution in [1.82, 2.24) is 9.55 Å². The molecule has 0 radical (unpaired) electrons. The summed E-state index contributed by atoms with van der Waals surface area (Å²) in [6.45, 7) is 3.68. The van der Waals surface area contributed by atoms with Gasteiger partial charge in [0.1, 0.15) is 0 Å². The van der Waals surface area contributed by atoms with Crippen molar-refractivity contribution in [2.45, 2.75) is 30.3 Å². The van der Waals surface area contributed by atoms with Crippen LogP contribution in [0.25, 0.3) is 0 Å². The number of imidazole rings is 1. The SMILES string of the molecule is CC(C)CS(=O)(=O)CCC(=O)Nc1cc(Cl)ccc1Sc1nccn1C. The van der Waals surface area contributed by atoms with E-state index in [9.17, 15) is 13.2 Å². The number of hydrogen-bond donors (Lipinski definition) is 1. The maximum atomic E-state index is 12.2. The summed E-state index contributed by atoms with van der Waals surface area (Å²) in [7, 11) is -1.36. The number of nitrogens with zero attached hydrogens (tertiary/aromatic N) is 2. The lowest BCUT2D eigenvalue weighted by Crippen LogP contribution is -2.21. The first kappa shape index (κ1) is 20.8. The molecule has 0 atom stereocenters. The van der Waals surface area contributed by atoms with Gasteiger partial charge in [-0.15, -0.1) is 0 Å². The molecule has 1 aromatic heterocycles. The van der Waals surface area contributed by atoms with E-state index in [0.717, 1.165) is 10.1 Å². The van der Waals surface area contributed by atoms with E-state index in [1.54, 1.807) is 24.4 Å². The molecule has 0 unspecified atom stereocenters. The van der Waals surface area contributed by atoms with E-state index >= 15 is 0 Å².